The molecule has 0 saturated carbocycles. The minimum absolute atomic E-state index is 0.132. The summed E-state index contributed by atoms with van der Waals surface area (Å²) in [4.78, 5) is 37.7. The Morgan fingerprint density at radius 2 is 1.85 bits per heavy atom. The van der Waals surface area contributed by atoms with Crippen LogP contribution in [0.15, 0.2) is 42.5 Å². The van der Waals surface area contributed by atoms with Crippen molar-refractivity contribution in [3.8, 4) is 0 Å². The number of aryl methyl sites for hydroxylation is 1. The van der Waals surface area contributed by atoms with E-state index in [9.17, 15) is 14.4 Å². The third-order valence-corrected chi connectivity index (χ3v) is 4.41. The molecule has 0 saturated heterocycles. The Hall–Kier alpha value is -2.66. The molecule has 0 aliphatic carbocycles. The number of ether oxygens (including phenoxy) is 1. The summed E-state index contributed by atoms with van der Waals surface area (Å²) >= 11 is 5.88. The first-order valence-electron chi connectivity index (χ1n) is 8.32. The molecule has 134 valence electrons. The highest BCUT2D eigenvalue weighted by Crippen LogP contribution is 2.24. The Kier molecular flexibility index (Phi) is 5.38. The monoisotopic (exact) mass is 371 g/mol. The number of carbonyl (C=O) groups is 3. The zero-order valence-corrected chi connectivity index (χ0v) is 15.1. The van der Waals surface area contributed by atoms with Crippen LogP contribution in [0.5, 0.6) is 0 Å². The number of benzene rings is 2. The van der Waals surface area contributed by atoms with Crippen molar-refractivity contribution in [2.75, 3.05) is 6.54 Å². The second-order valence-corrected chi connectivity index (χ2v) is 6.64. The van der Waals surface area contributed by atoms with Gasteiger partial charge in [-0.15, -0.1) is 0 Å². The van der Waals surface area contributed by atoms with Crippen molar-refractivity contribution < 1.29 is 19.1 Å². The van der Waals surface area contributed by atoms with E-state index >= 15 is 0 Å². The van der Waals surface area contributed by atoms with Gasteiger partial charge in [-0.1, -0.05) is 35.4 Å². The van der Waals surface area contributed by atoms with Gasteiger partial charge >= 0.3 is 5.97 Å². The molecule has 0 fully saturated rings. The topological polar surface area (TPSA) is 63.7 Å². The molecule has 5 nitrogen and oxygen atoms in total. The largest absolute Gasteiger partial charge is 0.461 e. The van der Waals surface area contributed by atoms with E-state index in [2.05, 4.69) is 0 Å². The van der Waals surface area contributed by atoms with Crippen LogP contribution in [0.3, 0.4) is 0 Å². The van der Waals surface area contributed by atoms with Gasteiger partial charge in [0.15, 0.2) is 0 Å². The van der Waals surface area contributed by atoms with E-state index in [1.54, 1.807) is 36.4 Å². The molecule has 0 radical (unpaired) electrons. The highest BCUT2D eigenvalue weighted by atomic mass is 35.5. The molecule has 3 rings (SSSR count). The first-order chi connectivity index (χ1) is 12.5. The molecule has 0 atom stereocenters. The van der Waals surface area contributed by atoms with Crippen LogP contribution in [-0.2, 0) is 16.1 Å². The first-order valence-corrected chi connectivity index (χ1v) is 8.70. The lowest BCUT2D eigenvalue weighted by atomic mass is 10.1. The molecule has 0 unspecified atom stereocenters. The lowest BCUT2D eigenvalue weighted by Gasteiger charge is -2.13. The number of imide groups is 1. The fourth-order valence-electron chi connectivity index (χ4n) is 2.85. The molecule has 1 aliphatic heterocycles. The Bertz CT molecular complexity index is 878. The fraction of sp³-hybridized carbons (Fsp3) is 0.250. The average molecular weight is 372 g/mol. The van der Waals surface area contributed by atoms with Gasteiger partial charge in [0.25, 0.3) is 11.8 Å². The van der Waals surface area contributed by atoms with Gasteiger partial charge in [-0.25, -0.2) is 0 Å². The maximum atomic E-state index is 12.4. The van der Waals surface area contributed by atoms with Crippen LogP contribution in [0.2, 0.25) is 5.02 Å². The summed E-state index contributed by atoms with van der Waals surface area (Å²) in [6.45, 7) is 2.21. The summed E-state index contributed by atoms with van der Waals surface area (Å²) in [5, 5.41) is 0.583. The van der Waals surface area contributed by atoms with Crippen molar-refractivity contribution in [1.82, 2.24) is 4.90 Å². The summed E-state index contributed by atoms with van der Waals surface area (Å²) in [5.41, 5.74) is 2.58. The quantitative estimate of drug-likeness (QED) is 0.572. The number of hydrogen-bond donors (Lipinski definition) is 0. The fourth-order valence-corrected chi connectivity index (χ4v) is 3.06. The van der Waals surface area contributed by atoms with E-state index in [1.807, 2.05) is 13.0 Å². The summed E-state index contributed by atoms with van der Waals surface area (Å²) in [6.07, 6.45) is 0.492. The number of fused-ring (bicyclic) bond motifs is 1. The SMILES string of the molecule is Cc1ccc2c(c1)C(=O)N(CCCC(=O)OCc1cccc(Cl)c1)C2=O. The summed E-state index contributed by atoms with van der Waals surface area (Å²) in [6, 6.07) is 12.3. The zero-order chi connectivity index (χ0) is 18.7. The number of nitrogens with zero attached hydrogens (tertiary/aromatic N) is 1. The van der Waals surface area contributed by atoms with Crippen LogP contribution in [0.25, 0.3) is 0 Å². The van der Waals surface area contributed by atoms with E-state index in [0.717, 1.165) is 11.1 Å². The van der Waals surface area contributed by atoms with E-state index in [4.69, 9.17) is 16.3 Å². The second kappa shape index (κ2) is 7.70. The average Bonchev–Trinajstić information content (AvgIpc) is 2.84. The molecule has 1 aliphatic rings. The van der Waals surface area contributed by atoms with Crippen LogP contribution in [-0.4, -0.2) is 29.2 Å². The molecule has 2 amide bonds. The number of halogens is 1. The van der Waals surface area contributed by atoms with Crippen LogP contribution >= 0.6 is 11.6 Å². The highest BCUT2D eigenvalue weighted by molar-refractivity contribution is 6.30. The van der Waals surface area contributed by atoms with Crippen LogP contribution in [0.1, 0.15) is 44.7 Å². The van der Waals surface area contributed by atoms with Gasteiger partial charge in [-0.05, 0) is 43.2 Å². The summed E-state index contributed by atoms with van der Waals surface area (Å²) in [5.74, 6) is -0.990. The molecular weight excluding hydrogens is 354 g/mol. The molecule has 0 aromatic heterocycles. The normalized spacial score (nSPS) is 13.1. The zero-order valence-electron chi connectivity index (χ0n) is 14.3. The Morgan fingerprint density at radius 1 is 1.08 bits per heavy atom. The maximum absolute atomic E-state index is 12.4. The Labute approximate surface area is 156 Å². The minimum Gasteiger partial charge on any atom is -0.461 e. The molecule has 1 heterocycles. The predicted octanol–water partition coefficient (Wildman–Crippen LogP) is 3.77. The molecule has 0 N–H and O–H groups in total. The smallest absolute Gasteiger partial charge is 0.306 e. The lowest BCUT2D eigenvalue weighted by molar-refractivity contribution is -0.145. The van der Waals surface area contributed by atoms with Crippen LogP contribution in [0.4, 0.5) is 0 Å². The Morgan fingerprint density at radius 3 is 2.62 bits per heavy atom. The second-order valence-electron chi connectivity index (χ2n) is 6.21. The van der Waals surface area contributed by atoms with Crippen molar-refractivity contribution in [1.29, 1.82) is 0 Å². The first kappa shape index (κ1) is 18.1. The number of rotatable bonds is 6. The van der Waals surface area contributed by atoms with E-state index in [1.165, 1.54) is 4.90 Å². The van der Waals surface area contributed by atoms with Crippen molar-refractivity contribution in [3.63, 3.8) is 0 Å². The lowest BCUT2D eigenvalue weighted by Crippen LogP contribution is -2.31. The molecule has 2 aromatic carbocycles. The molecule has 0 spiro atoms. The highest BCUT2D eigenvalue weighted by Gasteiger charge is 2.34. The van der Waals surface area contributed by atoms with E-state index in [-0.39, 0.29) is 37.4 Å². The third kappa shape index (κ3) is 3.94. The number of esters is 1. The molecular formula is C20H18ClNO4. The molecule has 2 aromatic rings. The van der Waals surface area contributed by atoms with Crippen LogP contribution in [0, 0.1) is 6.92 Å². The standard InChI is InChI=1S/C20H18ClNO4/c1-13-7-8-16-17(10-13)20(25)22(19(16)24)9-3-6-18(23)26-12-14-4-2-5-15(21)11-14/h2,4-5,7-8,10-11H,3,6,9,12H2,1H3. The van der Waals surface area contributed by atoms with Crippen LogP contribution < -0.4 is 0 Å². The van der Waals surface area contributed by atoms with Crippen molar-refractivity contribution in [2.24, 2.45) is 0 Å². The molecule has 6 heteroatoms. The van der Waals surface area contributed by atoms with Gasteiger partial charge in [-0.3, -0.25) is 19.3 Å². The summed E-state index contributed by atoms with van der Waals surface area (Å²) < 4.78 is 5.19. The van der Waals surface area contributed by atoms with E-state index < -0.39 is 0 Å². The predicted molar refractivity (Wildman–Crippen MR) is 97.0 cm³/mol. The number of amides is 2. The third-order valence-electron chi connectivity index (χ3n) is 4.18. The van der Waals surface area contributed by atoms with Crippen molar-refractivity contribution >= 4 is 29.4 Å². The maximum Gasteiger partial charge on any atom is 0.306 e. The van der Waals surface area contributed by atoms with Crippen molar-refractivity contribution in [2.45, 2.75) is 26.4 Å². The van der Waals surface area contributed by atoms with E-state index in [0.29, 0.717) is 22.6 Å². The van der Waals surface area contributed by atoms with Gasteiger partial charge in [0.1, 0.15) is 6.61 Å². The minimum atomic E-state index is -0.377. The van der Waals surface area contributed by atoms with Gasteiger partial charge in [0.2, 0.25) is 0 Å². The van der Waals surface area contributed by atoms with Crippen molar-refractivity contribution in [3.05, 3.63) is 69.7 Å². The molecule has 0 bridgehead atoms. The van der Waals surface area contributed by atoms with Gasteiger partial charge in [0.05, 0.1) is 11.1 Å². The summed E-state index contributed by atoms with van der Waals surface area (Å²) in [7, 11) is 0. The Balaban J connectivity index is 1.48. The number of carbonyl (C=O) groups excluding carboxylic acids is 3. The molecule has 26 heavy (non-hydrogen) atoms. The van der Waals surface area contributed by atoms with Gasteiger partial charge in [-0.2, -0.15) is 0 Å². The van der Waals surface area contributed by atoms with Gasteiger partial charge in [0, 0.05) is 18.0 Å². The van der Waals surface area contributed by atoms with Gasteiger partial charge < -0.3 is 4.74 Å². The number of hydrogen-bond acceptors (Lipinski definition) is 4.